The van der Waals surface area contributed by atoms with E-state index in [1.807, 2.05) is 0 Å². The van der Waals surface area contributed by atoms with Crippen molar-refractivity contribution in [1.29, 1.82) is 0 Å². The Morgan fingerprint density at radius 1 is 1.38 bits per heavy atom. The van der Waals surface area contributed by atoms with Crippen molar-refractivity contribution >= 4 is 0 Å². The van der Waals surface area contributed by atoms with Crippen LogP contribution in [0.4, 0.5) is 13.2 Å². The van der Waals surface area contributed by atoms with Crippen LogP contribution in [0.2, 0.25) is 0 Å². The maximum absolute atomic E-state index is 12.4. The van der Waals surface area contributed by atoms with Crippen LogP contribution >= 0.6 is 0 Å². The van der Waals surface area contributed by atoms with Crippen LogP contribution in [0.3, 0.4) is 0 Å². The summed E-state index contributed by atoms with van der Waals surface area (Å²) in [5, 5.41) is 2.27. The van der Waals surface area contributed by atoms with E-state index in [1.165, 1.54) is 13.1 Å². The molecule has 1 rings (SSSR count). The third-order valence-corrected chi connectivity index (χ3v) is 1.97. The van der Waals surface area contributed by atoms with Crippen molar-refractivity contribution in [2.45, 2.75) is 25.1 Å². The highest BCUT2D eigenvalue weighted by Crippen LogP contribution is 2.27. The molecule has 0 aromatic carbocycles. The lowest BCUT2D eigenvalue weighted by molar-refractivity contribution is -0.145. The summed E-state index contributed by atoms with van der Waals surface area (Å²) in [6.45, 7) is 0. The fraction of sp³-hybridized carbons (Fsp3) is 0.556. The highest BCUT2D eigenvalue weighted by atomic mass is 19.4. The molecule has 0 fully saturated rings. The molecule has 1 atom stereocenters. The van der Waals surface area contributed by atoms with Gasteiger partial charge in [0.25, 0.3) is 0 Å². The van der Waals surface area contributed by atoms with Crippen molar-refractivity contribution in [1.82, 2.24) is 5.32 Å². The second kappa shape index (κ2) is 3.96. The summed E-state index contributed by atoms with van der Waals surface area (Å²) in [6, 6.07) is -1.52. The Morgan fingerprint density at radius 2 is 2.08 bits per heavy atom. The van der Waals surface area contributed by atoms with Gasteiger partial charge in [0.1, 0.15) is 6.04 Å². The molecule has 0 bridgehead atoms. The van der Waals surface area contributed by atoms with E-state index in [9.17, 15) is 13.2 Å². The molecule has 1 unspecified atom stereocenters. The number of allylic oxidation sites excluding steroid dienone is 2. The Bertz CT molecular complexity index is 228. The van der Waals surface area contributed by atoms with Crippen LogP contribution in [-0.2, 0) is 0 Å². The Hall–Kier alpha value is -0.770. The summed E-state index contributed by atoms with van der Waals surface area (Å²) in [6.07, 6.45) is 2.26. The smallest absolute Gasteiger partial charge is 0.306 e. The lowest BCUT2D eigenvalue weighted by Gasteiger charge is -2.22. The van der Waals surface area contributed by atoms with Crippen LogP contribution < -0.4 is 5.32 Å². The Labute approximate surface area is 75.3 Å². The zero-order valence-corrected chi connectivity index (χ0v) is 7.36. The monoisotopic (exact) mass is 191 g/mol. The van der Waals surface area contributed by atoms with Crippen LogP contribution in [0.25, 0.3) is 0 Å². The number of halogens is 3. The maximum atomic E-state index is 12.4. The average Bonchev–Trinajstić information content (AvgIpc) is 2.05. The summed E-state index contributed by atoms with van der Waals surface area (Å²) in [7, 11) is 1.32. The van der Waals surface area contributed by atoms with Crippen molar-refractivity contribution in [3.63, 3.8) is 0 Å². The molecular weight excluding hydrogens is 179 g/mol. The topological polar surface area (TPSA) is 12.0 Å². The standard InChI is InChI=1S/C9H12F3N/c1-13-8(9(10,11)12)7-5-3-2-4-6-7/h3,5-6,8,13H,2,4H2,1H3. The Morgan fingerprint density at radius 3 is 2.46 bits per heavy atom. The molecule has 0 aromatic rings. The molecule has 1 N–H and O–H groups in total. The van der Waals surface area contributed by atoms with Crippen molar-refractivity contribution in [3.05, 3.63) is 23.8 Å². The van der Waals surface area contributed by atoms with E-state index in [0.29, 0.717) is 12.0 Å². The van der Waals surface area contributed by atoms with E-state index >= 15 is 0 Å². The van der Waals surface area contributed by atoms with Gasteiger partial charge >= 0.3 is 6.18 Å². The molecule has 1 aliphatic carbocycles. The van der Waals surface area contributed by atoms with E-state index in [2.05, 4.69) is 5.32 Å². The molecule has 0 saturated carbocycles. The first-order valence-corrected chi connectivity index (χ1v) is 4.16. The lowest BCUT2D eigenvalue weighted by Crippen LogP contribution is -2.41. The van der Waals surface area contributed by atoms with Gasteiger partial charge < -0.3 is 5.32 Å². The highest BCUT2D eigenvalue weighted by Gasteiger charge is 2.40. The van der Waals surface area contributed by atoms with Gasteiger partial charge in [0, 0.05) is 0 Å². The van der Waals surface area contributed by atoms with Gasteiger partial charge in [-0.25, -0.2) is 0 Å². The van der Waals surface area contributed by atoms with Crippen LogP contribution in [0.15, 0.2) is 23.8 Å². The highest BCUT2D eigenvalue weighted by molar-refractivity contribution is 5.28. The molecule has 0 aliphatic heterocycles. The summed E-state index contributed by atoms with van der Waals surface area (Å²) in [5.74, 6) is 0. The summed E-state index contributed by atoms with van der Waals surface area (Å²) in [5.41, 5.74) is 0.321. The maximum Gasteiger partial charge on any atom is 0.407 e. The number of hydrogen-bond acceptors (Lipinski definition) is 1. The molecule has 4 heteroatoms. The fourth-order valence-electron chi connectivity index (χ4n) is 1.37. The molecule has 1 nitrogen and oxygen atoms in total. The van der Waals surface area contributed by atoms with Crippen molar-refractivity contribution in [3.8, 4) is 0 Å². The minimum Gasteiger partial charge on any atom is -0.306 e. The zero-order chi connectivity index (χ0) is 9.90. The summed E-state index contributed by atoms with van der Waals surface area (Å²) >= 11 is 0. The molecule has 0 heterocycles. The number of rotatable bonds is 2. The molecule has 0 amide bonds. The van der Waals surface area contributed by atoms with Crippen LogP contribution in [0.1, 0.15) is 12.8 Å². The van der Waals surface area contributed by atoms with Gasteiger partial charge in [-0.15, -0.1) is 0 Å². The molecule has 0 spiro atoms. The molecule has 13 heavy (non-hydrogen) atoms. The van der Waals surface area contributed by atoms with E-state index in [1.54, 1.807) is 12.2 Å². The van der Waals surface area contributed by atoms with Crippen molar-refractivity contribution < 1.29 is 13.2 Å². The molecule has 74 valence electrons. The largest absolute Gasteiger partial charge is 0.407 e. The van der Waals surface area contributed by atoms with Crippen molar-refractivity contribution in [2.75, 3.05) is 7.05 Å². The first-order chi connectivity index (χ1) is 6.05. The molecule has 0 aromatic heterocycles. The van der Waals surface area contributed by atoms with Gasteiger partial charge in [-0.1, -0.05) is 18.2 Å². The Kier molecular flexibility index (Phi) is 3.14. The summed E-state index contributed by atoms with van der Waals surface area (Å²) in [4.78, 5) is 0. The number of alkyl halides is 3. The Balaban J connectivity index is 2.77. The molecule has 0 radical (unpaired) electrons. The minimum atomic E-state index is -4.21. The van der Waals surface area contributed by atoms with E-state index in [4.69, 9.17) is 0 Å². The van der Waals surface area contributed by atoms with E-state index in [-0.39, 0.29) is 0 Å². The number of likely N-dealkylation sites (N-methyl/N-ethyl adjacent to an activating group) is 1. The fourth-order valence-corrected chi connectivity index (χ4v) is 1.37. The number of hydrogen-bond donors (Lipinski definition) is 1. The van der Waals surface area contributed by atoms with Gasteiger partial charge in [0.2, 0.25) is 0 Å². The van der Waals surface area contributed by atoms with Gasteiger partial charge in [-0.05, 0) is 25.5 Å². The summed E-state index contributed by atoms with van der Waals surface area (Å²) < 4.78 is 37.1. The lowest BCUT2D eigenvalue weighted by atomic mass is 10.00. The van der Waals surface area contributed by atoms with Gasteiger partial charge in [0.15, 0.2) is 0 Å². The first kappa shape index (κ1) is 10.3. The van der Waals surface area contributed by atoms with Crippen LogP contribution in [0, 0.1) is 0 Å². The SMILES string of the molecule is CNC(C1=CCCC=C1)C(F)(F)F. The average molecular weight is 191 g/mol. The third-order valence-electron chi connectivity index (χ3n) is 1.97. The van der Waals surface area contributed by atoms with Gasteiger partial charge in [-0.2, -0.15) is 13.2 Å². The van der Waals surface area contributed by atoms with E-state index < -0.39 is 12.2 Å². The van der Waals surface area contributed by atoms with Gasteiger partial charge in [-0.3, -0.25) is 0 Å². The second-order valence-corrected chi connectivity index (χ2v) is 2.95. The van der Waals surface area contributed by atoms with Gasteiger partial charge in [0.05, 0.1) is 0 Å². The first-order valence-electron chi connectivity index (χ1n) is 4.16. The second-order valence-electron chi connectivity index (χ2n) is 2.95. The quantitative estimate of drug-likeness (QED) is 0.706. The minimum absolute atomic E-state index is 0.321. The number of nitrogens with one attached hydrogen (secondary N) is 1. The van der Waals surface area contributed by atoms with Crippen LogP contribution in [-0.4, -0.2) is 19.3 Å². The molecular formula is C9H12F3N. The molecule has 1 aliphatic rings. The third kappa shape index (κ3) is 2.59. The predicted molar refractivity (Wildman–Crippen MR) is 45.4 cm³/mol. The molecule has 0 saturated heterocycles. The normalized spacial score (nSPS) is 19.8. The zero-order valence-electron chi connectivity index (χ0n) is 7.36. The predicted octanol–water partition coefficient (Wildman–Crippen LogP) is 2.41. The van der Waals surface area contributed by atoms with Crippen LogP contribution in [0.5, 0.6) is 0 Å². The van der Waals surface area contributed by atoms with Crippen molar-refractivity contribution in [2.24, 2.45) is 0 Å². The van der Waals surface area contributed by atoms with E-state index in [0.717, 1.165) is 6.42 Å².